The third-order valence-corrected chi connectivity index (χ3v) is 5.52. The van der Waals surface area contributed by atoms with E-state index < -0.39 is 0 Å². The monoisotopic (exact) mass is 499 g/mol. The Bertz CT molecular complexity index is 623. The topological polar surface area (TPSA) is 60.0 Å². The molecule has 2 aliphatic rings. The van der Waals surface area contributed by atoms with Gasteiger partial charge in [-0.1, -0.05) is 31.0 Å². The van der Waals surface area contributed by atoms with Crippen molar-refractivity contribution in [1.82, 2.24) is 15.5 Å². The second-order valence-electron chi connectivity index (χ2n) is 7.82. The van der Waals surface area contributed by atoms with Crippen molar-refractivity contribution in [3.63, 3.8) is 0 Å². The summed E-state index contributed by atoms with van der Waals surface area (Å²) in [5.74, 6) is 0.830. The van der Waals surface area contributed by atoms with Crippen LogP contribution in [0.2, 0.25) is 0 Å². The molecule has 2 N–H and O–H groups in total. The molecule has 3 rings (SSSR count). The molecule has 1 aliphatic carbocycles. The van der Waals surface area contributed by atoms with E-state index in [1.54, 1.807) is 19.0 Å². The lowest BCUT2D eigenvalue weighted by molar-refractivity contribution is -0.127. The van der Waals surface area contributed by atoms with Crippen molar-refractivity contribution in [2.24, 2.45) is 4.99 Å². The Morgan fingerprint density at radius 2 is 1.61 bits per heavy atom. The summed E-state index contributed by atoms with van der Waals surface area (Å²) in [7, 11) is 3.54. The zero-order chi connectivity index (χ0) is 19.1. The second kappa shape index (κ2) is 11.5. The van der Waals surface area contributed by atoms with Gasteiger partial charge in [0.05, 0.1) is 0 Å². The van der Waals surface area contributed by atoms with Gasteiger partial charge >= 0.3 is 0 Å². The minimum atomic E-state index is 0. The van der Waals surface area contributed by atoms with Gasteiger partial charge in [0.15, 0.2) is 5.96 Å². The van der Waals surface area contributed by atoms with Gasteiger partial charge in [0.25, 0.3) is 0 Å². The van der Waals surface area contributed by atoms with E-state index in [1.807, 2.05) is 0 Å². The van der Waals surface area contributed by atoms with Gasteiger partial charge in [-0.2, -0.15) is 0 Å². The SMILES string of the molecule is CN(C)C(=O)CN=C(NC1CCCC1)NC1CCN(c2ccccc2)CC1.I. The maximum atomic E-state index is 11.9. The van der Waals surface area contributed by atoms with Crippen LogP contribution in [0.5, 0.6) is 0 Å². The van der Waals surface area contributed by atoms with Gasteiger partial charge in [-0.05, 0) is 37.8 Å². The first-order chi connectivity index (χ1) is 13.1. The number of hydrogen-bond acceptors (Lipinski definition) is 3. The van der Waals surface area contributed by atoms with Gasteiger partial charge in [-0.25, -0.2) is 4.99 Å². The minimum Gasteiger partial charge on any atom is -0.371 e. The van der Waals surface area contributed by atoms with Crippen LogP contribution in [-0.2, 0) is 4.79 Å². The molecule has 28 heavy (non-hydrogen) atoms. The first kappa shape index (κ1) is 22.8. The molecular formula is C21H34IN5O. The van der Waals surface area contributed by atoms with Crippen LogP contribution in [0, 0.1) is 0 Å². The number of anilines is 1. The average Bonchev–Trinajstić information content (AvgIpc) is 3.20. The summed E-state index contributed by atoms with van der Waals surface area (Å²) in [6.07, 6.45) is 7.07. The highest BCUT2D eigenvalue weighted by atomic mass is 127. The normalized spacial score (nSPS) is 18.5. The summed E-state index contributed by atoms with van der Waals surface area (Å²) in [5, 5.41) is 7.15. The molecule has 1 amide bonds. The molecule has 2 fully saturated rings. The molecule has 0 radical (unpaired) electrons. The van der Waals surface area contributed by atoms with Gasteiger partial charge in [-0.15, -0.1) is 24.0 Å². The molecule has 0 atom stereocenters. The van der Waals surface area contributed by atoms with E-state index in [2.05, 4.69) is 50.9 Å². The van der Waals surface area contributed by atoms with Crippen LogP contribution in [0.1, 0.15) is 38.5 Å². The predicted octanol–water partition coefficient (Wildman–Crippen LogP) is 2.84. The summed E-state index contributed by atoms with van der Waals surface area (Å²) in [5.41, 5.74) is 1.30. The smallest absolute Gasteiger partial charge is 0.243 e. The number of guanidine groups is 1. The molecule has 1 saturated carbocycles. The van der Waals surface area contributed by atoms with Crippen molar-refractivity contribution >= 4 is 41.5 Å². The summed E-state index contributed by atoms with van der Waals surface area (Å²) in [6.45, 7) is 2.27. The number of likely N-dealkylation sites (N-methyl/N-ethyl adjacent to an activating group) is 1. The number of piperidine rings is 1. The number of amides is 1. The van der Waals surface area contributed by atoms with Crippen LogP contribution in [0.3, 0.4) is 0 Å². The van der Waals surface area contributed by atoms with Crippen LogP contribution in [0.15, 0.2) is 35.3 Å². The Balaban J connectivity index is 0.00000280. The molecule has 1 aliphatic heterocycles. The van der Waals surface area contributed by atoms with Crippen molar-refractivity contribution in [3.05, 3.63) is 30.3 Å². The van der Waals surface area contributed by atoms with Gasteiger partial charge in [-0.3, -0.25) is 4.79 Å². The lowest BCUT2D eigenvalue weighted by atomic mass is 10.0. The third kappa shape index (κ3) is 6.83. The van der Waals surface area contributed by atoms with Gasteiger partial charge in [0.2, 0.25) is 5.91 Å². The zero-order valence-corrected chi connectivity index (χ0v) is 19.4. The molecule has 0 aromatic heterocycles. The Hall–Kier alpha value is -1.51. The number of carbonyl (C=O) groups excluding carboxylic acids is 1. The summed E-state index contributed by atoms with van der Waals surface area (Å²) in [4.78, 5) is 20.5. The van der Waals surface area contributed by atoms with E-state index in [-0.39, 0.29) is 36.4 Å². The Labute approximate surface area is 186 Å². The number of nitrogens with one attached hydrogen (secondary N) is 2. The van der Waals surface area contributed by atoms with E-state index in [1.165, 1.54) is 31.4 Å². The van der Waals surface area contributed by atoms with Crippen LogP contribution in [-0.4, -0.2) is 62.6 Å². The number of halogens is 1. The number of aliphatic imine (C=N–C) groups is 1. The van der Waals surface area contributed by atoms with Crippen molar-refractivity contribution in [2.75, 3.05) is 38.6 Å². The molecule has 7 heteroatoms. The number of benzene rings is 1. The summed E-state index contributed by atoms with van der Waals surface area (Å²) >= 11 is 0. The van der Waals surface area contributed by atoms with E-state index in [4.69, 9.17) is 0 Å². The second-order valence-corrected chi connectivity index (χ2v) is 7.82. The standard InChI is InChI=1S/C21H33N5O.HI/c1-25(2)20(27)16-22-21(23-17-8-6-7-9-17)24-18-12-14-26(15-13-18)19-10-4-3-5-11-19;/h3-5,10-11,17-18H,6-9,12-16H2,1-2H3,(H2,22,23,24);1H. The molecule has 0 bridgehead atoms. The van der Waals surface area contributed by atoms with Gasteiger partial charge < -0.3 is 20.4 Å². The summed E-state index contributed by atoms with van der Waals surface area (Å²) < 4.78 is 0. The van der Waals surface area contributed by atoms with E-state index in [0.717, 1.165) is 31.9 Å². The molecular weight excluding hydrogens is 465 g/mol. The average molecular weight is 499 g/mol. The Morgan fingerprint density at radius 3 is 2.18 bits per heavy atom. The fourth-order valence-electron chi connectivity index (χ4n) is 3.80. The van der Waals surface area contributed by atoms with E-state index in [9.17, 15) is 4.79 Å². The zero-order valence-electron chi connectivity index (χ0n) is 17.1. The number of rotatable bonds is 5. The number of carbonyl (C=O) groups is 1. The van der Waals surface area contributed by atoms with Crippen molar-refractivity contribution < 1.29 is 4.79 Å². The lowest BCUT2D eigenvalue weighted by Gasteiger charge is -2.35. The predicted molar refractivity (Wildman–Crippen MR) is 127 cm³/mol. The Morgan fingerprint density at radius 1 is 1.04 bits per heavy atom. The number of nitrogens with zero attached hydrogens (tertiary/aromatic N) is 3. The first-order valence-electron chi connectivity index (χ1n) is 10.2. The quantitative estimate of drug-likeness (QED) is 0.372. The highest BCUT2D eigenvalue weighted by molar-refractivity contribution is 14.0. The maximum absolute atomic E-state index is 11.9. The van der Waals surface area contributed by atoms with E-state index >= 15 is 0 Å². The molecule has 1 heterocycles. The molecule has 156 valence electrons. The first-order valence-corrected chi connectivity index (χ1v) is 10.2. The third-order valence-electron chi connectivity index (χ3n) is 5.52. The lowest BCUT2D eigenvalue weighted by Crippen LogP contribution is -2.51. The maximum Gasteiger partial charge on any atom is 0.243 e. The Kier molecular flexibility index (Phi) is 9.34. The fraction of sp³-hybridized carbons (Fsp3) is 0.619. The van der Waals surface area contributed by atoms with Crippen LogP contribution in [0.25, 0.3) is 0 Å². The van der Waals surface area contributed by atoms with Gasteiger partial charge in [0, 0.05) is 45.0 Å². The molecule has 0 unspecified atom stereocenters. The number of hydrogen-bond donors (Lipinski definition) is 2. The van der Waals surface area contributed by atoms with Gasteiger partial charge in [0.1, 0.15) is 6.54 Å². The molecule has 6 nitrogen and oxygen atoms in total. The largest absolute Gasteiger partial charge is 0.371 e. The number of para-hydroxylation sites is 1. The highest BCUT2D eigenvalue weighted by Crippen LogP contribution is 2.20. The van der Waals surface area contributed by atoms with Crippen molar-refractivity contribution in [1.29, 1.82) is 0 Å². The van der Waals surface area contributed by atoms with Crippen LogP contribution in [0.4, 0.5) is 5.69 Å². The van der Waals surface area contributed by atoms with Crippen molar-refractivity contribution in [3.8, 4) is 0 Å². The fourth-order valence-corrected chi connectivity index (χ4v) is 3.80. The van der Waals surface area contributed by atoms with Crippen LogP contribution >= 0.6 is 24.0 Å². The molecule has 0 spiro atoms. The van der Waals surface area contributed by atoms with Crippen molar-refractivity contribution in [2.45, 2.75) is 50.6 Å². The summed E-state index contributed by atoms with van der Waals surface area (Å²) in [6, 6.07) is 11.5. The minimum absolute atomic E-state index is 0. The van der Waals surface area contributed by atoms with E-state index in [0.29, 0.717) is 12.1 Å². The molecule has 1 saturated heterocycles. The van der Waals surface area contributed by atoms with Crippen LogP contribution < -0.4 is 15.5 Å². The highest BCUT2D eigenvalue weighted by Gasteiger charge is 2.22. The molecule has 1 aromatic rings. The molecule has 1 aromatic carbocycles.